The van der Waals surface area contributed by atoms with Crippen molar-refractivity contribution in [3.05, 3.63) is 72.3 Å². The topological polar surface area (TPSA) is 48.5 Å². The Labute approximate surface area is 140 Å². The average Bonchev–Trinajstić information content (AvgIpc) is 3.22. The molecular formula is C17H12F3N5. The average molecular weight is 343 g/mol. The summed E-state index contributed by atoms with van der Waals surface area (Å²) in [5, 5.41) is 8.08. The van der Waals surface area contributed by atoms with Crippen molar-refractivity contribution >= 4 is 11.0 Å². The fourth-order valence-corrected chi connectivity index (χ4v) is 2.61. The van der Waals surface area contributed by atoms with Crippen molar-refractivity contribution in [3.8, 4) is 5.69 Å². The number of hydrogen-bond acceptors (Lipinski definition) is 3. The molecule has 126 valence electrons. The van der Waals surface area contributed by atoms with Crippen LogP contribution in [0, 0.1) is 0 Å². The van der Waals surface area contributed by atoms with E-state index < -0.39 is 11.7 Å². The summed E-state index contributed by atoms with van der Waals surface area (Å²) in [5.74, 6) is 0. The number of halogens is 3. The summed E-state index contributed by atoms with van der Waals surface area (Å²) in [5.41, 5.74) is 2.37. The fraction of sp³-hybridized carbons (Fsp3) is 0.118. The van der Waals surface area contributed by atoms with Crippen LogP contribution in [0.1, 0.15) is 11.3 Å². The predicted molar refractivity (Wildman–Crippen MR) is 85.2 cm³/mol. The third kappa shape index (κ3) is 2.98. The number of aromatic nitrogens is 5. The largest absolute Gasteiger partial charge is 0.416 e. The highest BCUT2D eigenvalue weighted by Gasteiger charge is 2.30. The van der Waals surface area contributed by atoms with Crippen molar-refractivity contribution in [3.63, 3.8) is 0 Å². The van der Waals surface area contributed by atoms with Gasteiger partial charge in [0.05, 0.1) is 41.4 Å². The molecule has 0 saturated carbocycles. The Morgan fingerprint density at radius 3 is 2.48 bits per heavy atom. The molecule has 0 aliphatic rings. The summed E-state index contributed by atoms with van der Waals surface area (Å²) < 4.78 is 41.3. The molecule has 0 atom stereocenters. The van der Waals surface area contributed by atoms with Crippen molar-refractivity contribution in [2.75, 3.05) is 0 Å². The standard InChI is InChI=1S/C17H12F3N5/c18-17(19,20)12-5-7-14(8-6-12)25-10-13(22-23-25)9-24-11-21-15-3-1-2-4-16(15)24/h1-8,10-11H,9H2. The summed E-state index contributed by atoms with van der Waals surface area (Å²) >= 11 is 0. The predicted octanol–water partition coefficient (Wildman–Crippen LogP) is 3.68. The van der Waals surface area contributed by atoms with Gasteiger partial charge in [0.15, 0.2) is 0 Å². The Balaban J connectivity index is 1.58. The highest BCUT2D eigenvalue weighted by atomic mass is 19.4. The van der Waals surface area contributed by atoms with Gasteiger partial charge in [0, 0.05) is 0 Å². The minimum Gasteiger partial charge on any atom is -0.324 e. The lowest BCUT2D eigenvalue weighted by atomic mass is 10.2. The van der Waals surface area contributed by atoms with E-state index in [9.17, 15) is 13.2 Å². The van der Waals surface area contributed by atoms with Crippen LogP contribution in [0.15, 0.2) is 61.1 Å². The van der Waals surface area contributed by atoms with E-state index in [0.717, 1.165) is 23.2 Å². The first-order valence-electron chi connectivity index (χ1n) is 7.49. The van der Waals surface area contributed by atoms with Crippen molar-refractivity contribution in [1.82, 2.24) is 24.5 Å². The van der Waals surface area contributed by atoms with Gasteiger partial charge in [0.2, 0.25) is 0 Å². The van der Waals surface area contributed by atoms with E-state index in [2.05, 4.69) is 15.3 Å². The zero-order chi connectivity index (χ0) is 17.4. The van der Waals surface area contributed by atoms with Crippen LogP contribution in [0.25, 0.3) is 16.7 Å². The van der Waals surface area contributed by atoms with Gasteiger partial charge in [0.25, 0.3) is 0 Å². The van der Waals surface area contributed by atoms with Crippen LogP contribution in [0.4, 0.5) is 13.2 Å². The molecule has 0 bridgehead atoms. The highest BCUT2D eigenvalue weighted by molar-refractivity contribution is 5.75. The zero-order valence-electron chi connectivity index (χ0n) is 12.9. The van der Waals surface area contributed by atoms with Gasteiger partial charge in [-0.15, -0.1) is 5.10 Å². The maximum absolute atomic E-state index is 12.6. The lowest BCUT2D eigenvalue weighted by Gasteiger charge is -2.07. The van der Waals surface area contributed by atoms with Crippen LogP contribution in [0.5, 0.6) is 0 Å². The second-order valence-electron chi connectivity index (χ2n) is 5.56. The molecule has 8 heteroatoms. The lowest BCUT2D eigenvalue weighted by molar-refractivity contribution is -0.137. The van der Waals surface area contributed by atoms with Crippen molar-refractivity contribution < 1.29 is 13.2 Å². The van der Waals surface area contributed by atoms with Crippen LogP contribution in [0.2, 0.25) is 0 Å². The number of hydrogen-bond donors (Lipinski definition) is 0. The van der Waals surface area contributed by atoms with Gasteiger partial charge in [-0.2, -0.15) is 13.2 Å². The number of nitrogens with zero attached hydrogens (tertiary/aromatic N) is 5. The smallest absolute Gasteiger partial charge is 0.324 e. The van der Waals surface area contributed by atoms with Crippen LogP contribution in [-0.2, 0) is 12.7 Å². The van der Waals surface area contributed by atoms with E-state index in [1.54, 1.807) is 12.5 Å². The summed E-state index contributed by atoms with van der Waals surface area (Å²) in [7, 11) is 0. The van der Waals surface area contributed by atoms with E-state index >= 15 is 0 Å². The van der Waals surface area contributed by atoms with E-state index in [-0.39, 0.29) is 0 Å². The third-order valence-electron chi connectivity index (χ3n) is 3.86. The number of alkyl halides is 3. The molecule has 0 N–H and O–H groups in total. The zero-order valence-corrected chi connectivity index (χ0v) is 12.9. The molecule has 0 amide bonds. The van der Waals surface area contributed by atoms with Gasteiger partial charge >= 0.3 is 6.18 Å². The fourth-order valence-electron chi connectivity index (χ4n) is 2.61. The minimum absolute atomic E-state index is 0.473. The normalized spacial score (nSPS) is 12.0. The van der Waals surface area contributed by atoms with E-state index in [0.29, 0.717) is 17.9 Å². The Hall–Kier alpha value is -3.16. The molecule has 2 aromatic carbocycles. The molecule has 2 heterocycles. The molecule has 5 nitrogen and oxygen atoms in total. The molecule has 2 aromatic heterocycles. The second kappa shape index (κ2) is 5.73. The summed E-state index contributed by atoms with van der Waals surface area (Å²) in [6, 6.07) is 12.5. The Bertz CT molecular complexity index is 1010. The summed E-state index contributed by atoms with van der Waals surface area (Å²) in [6.45, 7) is 0.473. The molecule has 25 heavy (non-hydrogen) atoms. The molecule has 0 unspecified atom stereocenters. The van der Waals surface area contributed by atoms with E-state index in [4.69, 9.17) is 0 Å². The highest BCUT2D eigenvalue weighted by Crippen LogP contribution is 2.29. The van der Waals surface area contributed by atoms with Crippen molar-refractivity contribution in [2.24, 2.45) is 0 Å². The molecule has 0 spiro atoms. The third-order valence-corrected chi connectivity index (χ3v) is 3.86. The van der Waals surface area contributed by atoms with Gasteiger partial charge in [0.1, 0.15) is 5.69 Å². The van der Waals surface area contributed by atoms with Crippen LogP contribution in [-0.4, -0.2) is 24.5 Å². The number of para-hydroxylation sites is 2. The number of fused-ring (bicyclic) bond motifs is 1. The Kier molecular flexibility index (Phi) is 3.52. The van der Waals surface area contributed by atoms with Crippen molar-refractivity contribution in [1.29, 1.82) is 0 Å². The minimum atomic E-state index is -4.35. The molecule has 0 fully saturated rings. The number of imidazole rings is 1. The van der Waals surface area contributed by atoms with Gasteiger partial charge < -0.3 is 4.57 Å². The quantitative estimate of drug-likeness (QED) is 0.570. The number of rotatable bonds is 3. The SMILES string of the molecule is FC(F)(F)c1ccc(-n2cc(Cn3cnc4ccccc43)nn2)cc1. The molecule has 4 rings (SSSR count). The second-order valence-corrected chi connectivity index (χ2v) is 5.56. The number of benzene rings is 2. The van der Waals surface area contributed by atoms with Gasteiger partial charge in [-0.3, -0.25) is 0 Å². The Morgan fingerprint density at radius 1 is 0.960 bits per heavy atom. The van der Waals surface area contributed by atoms with Crippen molar-refractivity contribution in [2.45, 2.75) is 12.7 Å². The van der Waals surface area contributed by atoms with E-state index in [1.807, 2.05) is 28.8 Å². The van der Waals surface area contributed by atoms with Crippen LogP contribution >= 0.6 is 0 Å². The Morgan fingerprint density at radius 2 is 1.72 bits per heavy atom. The van der Waals surface area contributed by atoms with Gasteiger partial charge in [-0.1, -0.05) is 17.3 Å². The summed E-state index contributed by atoms with van der Waals surface area (Å²) in [6.07, 6.45) is -0.937. The maximum atomic E-state index is 12.6. The first kappa shape index (κ1) is 15.4. The maximum Gasteiger partial charge on any atom is 0.416 e. The molecule has 0 saturated heterocycles. The first-order valence-corrected chi connectivity index (χ1v) is 7.49. The molecule has 0 radical (unpaired) electrons. The van der Waals surface area contributed by atoms with Crippen LogP contribution in [0.3, 0.4) is 0 Å². The molecule has 4 aromatic rings. The monoisotopic (exact) mass is 343 g/mol. The molecule has 0 aliphatic heterocycles. The summed E-state index contributed by atoms with van der Waals surface area (Å²) in [4.78, 5) is 4.31. The lowest BCUT2D eigenvalue weighted by Crippen LogP contribution is -2.05. The first-order chi connectivity index (χ1) is 12.0. The molecule has 0 aliphatic carbocycles. The van der Waals surface area contributed by atoms with E-state index in [1.165, 1.54) is 16.8 Å². The van der Waals surface area contributed by atoms with Gasteiger partial charge in [-0.25, -0.2) is 9.67 Å². The van der Waals surface area contributed by atoms with Crippen LogP contribution < -0.4 is 0 Å². The molecular weight excluding hydrogens is 331 g/mol. The van der Waals surface area contributed by atoms with Gasteiger partial charge in [-0.05, 0) is 36.4 Å².